The van der Waals surface area contributed by atoms with Gasteiger partial charge in [0, 0.05) is 11.1 Å². The minimum absolute atomic E-state index is 0.632. The molecule has 2 heterocycles. The quantitative estimate of drug-likeness (QED) is 0.407. The Bertz CT molecular complexity index is 1150. The van der Waals surface area contributed by atoms with Crippen LogP contribution >= 0.6 is 0 Å². The van der Waals surface area contributed by atoms with Gasteiger partial charge >= 0.3 is 0 Å². The molecule has 0 amide bonds. The Kier molecular flexibility index (Phi) is 2.79. The molecular formula is C21H13NO2. The molecule has 0 fully saturated rings. The molecular weight excluding hydrogens is 298 g/mol. The molecule has 0 radical (unpaired) electrons. The smallest absolute Gasteiger partial charge is 0.227 e. The van der Waals surface area contributed by atoms with E-state index in [1.807, 2.05) is 48.5 Å². The highest BCUT2D eigenvalue weighted by molar-refractivity contribution is 5.87. The van der Waals surface area contributed by atoms with Gasteiger partial charge in [-0.1, -0.05) is 30.3 Å². The fraction of sp³-hybridized carbons (Fsp3) is 0. The molecule has 0 aliphatic rings. The molecule has 0 bridgehead atoms. The lowest BCUT2D eigenvalue weighted by Gasteiger charge is -1.99. The number of benzene rings is 3. The Hall–Kier alpha value is -3.33. The summed E-state index contributed by atoms with van der Waals surface area (Å²) >= 11 is 0. The van der Waals surface area contributed by atoms with Gasteiger partial charge in [0.05, 0.1) is 6.26 Å². The van der Waals surface area contributed by atoms with Gasteiger partial charge in [-0.2, -0.15) is 0 Å². The summed E-state index contributed by atoms with van der Waals surface area (Å²) in [7, 11) is 0. The highest BCUT2D eigenvalue weighted by Crippen LogP contribution is 2.30. The first-order valence-corrected chi connectivity index (χ1v) is 7.80. The molecule has 0 atom stereocenters. The van der Waals surface area contributed by atoms with Crippen LogP contribution in [0.3, 0.4) is 0 Å². The van der Waals surface area contributed by atoms with Crippen LogP contribution in [0.2, 0.25) is 0 Å². The van der Waals surface area contributed by atoms with Crippen LogP contribution in [0.15, 0.2) is 87.9 Å². The first kappa shape index (κ1) is 13.1. The molecule has 114 valence electrons. The zero-order chi connectivity index (χ0) is 15.9. The molecule has 2 aromatic heterocycles. The Morgan fingerprint density at radius 2 is 1.58 bits per heavy atom. The van der Waals surface area contributed by atoms with Crippen molar-refractivity contribution in [1.82, 2.24) is 4.98 Å². The summed E-state index contributed by atoms with van der Waals surface area (Å²) < 4.78 is 11.4. The second-order valence-corrected chi connectivity index (χ2v) is 5.74. The van der Waals surface area contributed by atoms with E-state index < -0.39 is 0 Å². The summed E-state index contributed by atoms with van der Waals surface area (Å²) in [5.41, 5.74) is 3.57. The second-order valence-electron chi connectivity index (χ2n) is 5.74. The third-order valence-electron chi connectivity index (χ3n) is 4.19. The Morgan fingerprint density at radius 1 is 0.708 bits per heavy atom. The van der Waals surface area contributed by atoms with Crippen LogP contribution < -0.4 is 0 Å². The summed E-state index contributed by atoms with van der Waals surface area (Å²) in [5, 5.41) is 2.38. The largest absolute Gasteiger partial charge is 0.464 e. The van der Waals surface area contributed by atoms with E-state index in [4.69, 9.17) is 8.83 Å². The van der Waals surface area contributed by atoms with E-state index in [9.17, 15) is 0 Å². The number of furan rings is 1. The normalized spacial score (nSPS) is 11.3. The van der Waals surface area contributed by atoms with Gasteiger partial charge in [-0.15, -0.1) is 0 Å². The molecule has 0 unspecified atom stereocenters. The third kappa shape index (κ3) is 2.10. The van der Waals surface area contributed by atoms with Gasteiger partial charge in [-0.05, 0) is 53.2 Å². The van der Waals surface area contributed by atoms with Crippen molar-refractivity contribution in [3.8, 4) is 22.8 Å². The molecule has 0 aliphatic heterocycles. The average molecular weight is 311 g/mol. The van der Waals surface area contributed by atoms with E-state index in [2.05, 4.69) is 29.2 Å². The number of nitrogens with zero attached hydrogens (tertiary/aromatic N) is 1. The summed E-state index contributed by atoms with van der Waals surface area (Å²) in [6.45, 7) is 0. The van der Waals surface area contributed by atoms with Gasteiger partial charge in [-0.3, -0.25) is 0 Å². The van der Waals surface area contributed by atoms with Gasteiger partial charge in [-0.25, -0.2) is 4.98 Å². The monoisotopic (exact) mass is 311 g/mol. The van der Waals surface area contributed by atoms with E-state index >= 15 is 0 Å². The van der Waals surface area contributed by atoms with Crippen LogP contribution in [-0.2, 0) is 0 Å². The van der Waals surface area contributed by atoms with Crippen molar-refractivity contribution in [2.24, 2.45) is 0 Å². The van der Waals surface area contributed by atoms with Crippen molar-refractivity contribution >= 4 is 21.9 Å². The third-order valence-corrected chi connectivity index (χ3v) is 4.19. The molecule has 5 rings (SSSR count). The Balaban J connectivity index is 1.63. The number of hydrogen-bond acceptors (Lipinski definition) is 3. The van der Waals surface area contributed by atoms with Gasteiger partial charge in [0.1, 0.15) is 11.3 Å². The van der Waals surface area contributed by atoms with E-state index in [0.717, 1.165) is 28.0 Å². The van der Waals surface area contributed by atoms with Crippen LogP contribution in [0.1, 0.15) is 0 Å². The molecule has 5 aromatic rings. The molecule has 0 N–H and O–H groups in total. The van der Waals surface area contributed by atoms with Gasteiger partial charge in [0.2, 0.25) is 5.89 Å². The summed E-state index contributed by atoms with van der Waals surface area (Å²) in [4.78, 5) is 4.65. The fourth-order valence-corrected chi connectivity index (χ4v) is 2.97. The highest BCUT2D eigenvalue weighted by Gasteiger charge is 2.10. The maximum absolute atomic E-state index is 5.93. The lowest BCUT2D eigenvalue weighted by Crippen LogP contribution is -1.78. The van der Waals surface area contributed by atoms with Crippen molar-refractivity contribution in [3.05, 3.63) is 79.1 Å². The number of rotatable bonds is 2. The first-order valence-electron chi connectivity index (χ1n) is 7.80. The van der Waals surface area contributed by atoms with E-state index in [0.29, 0.717) is 5.89 Å². The summed E-state index contributed by atoms with van der Waals surface area (Å²) in [6, 6.07) is 24.2. The van der Waals surface area contributed by atoms with Crippen LogP contribution in [0, 0.1) is 0 Å². The highest BCUT2D eigenvalue weighted by atomic mass is 16.3. The summed E-state index contributed by atoms with van der Waals surface area (Å²) in [6.07, 6.45) is 1.67. The number of hydrogen-bond donors (Lipinski definition) is 0. The Morgan fingerprint density at radius 3 is 2.46 bits per heavy atom. The van der Waals surface area contributed by atoms with Gasteiger partial charge in [0.25, 0.3) is 0 Å². The standard InChI is InChI=1S/C21H13NO2/c1-2-5-15-12-17(8-7-14(15)4-1)21-22-18-13-16(9-10-20(18)24-21)19-6-3-11-23-19/h1-13H. The fourth-order valence-electron chi connectivity index (χ4n) is 2.97. The number of fused-ring (bicyclic) bond motifs is 2. The molecule has 3 heteroatoms. The maximum atomic E-state index is 5.93. The minimum Gasteiger partial charge on any atom is -0.464 e. The number of aromatic nitrogens is 1. The number of oxazole rings is 1. The van der Waals surface area contributed by atoms with Crippen molar-refractivity contribution in [2.75, 3.05) is 0 Å². The van der Waals surface area contributed by atoms with Crippen molar-refractivity contribution in [3.63, 3.8) is 0 Å². The SMILES string of the molecule is c1coc(-c2ccc3oc(-c4ccc5ccccc5c4)nc3c2)c1. The van der Waals surface area contributed by atoms with Crippen LogP contribution in [0.25, 0.3) is 44.7 Å². The predicted octanol–water partition coefficient (Wildman–Crippen LogP) is 5.91. The predicted molar refractivity (Wildman–Crippen MR) is 94.7 cm³/mol. The second kappa shape index (κ2) is 5.10. The van der Waals surface area contributed by atoms with Crippen LogP contribution in [0.4, 0.5) is 0 Å². The van der Waals surface area contributed by atoms with Crippen LogP contribution in [0.5, 0.6) is 0 Å². The topological polar surface area (TPSA) is 39.2 Å². The lowest BCUT2D eigenvalue weighted by molar-refractivity contribution is 0.582. The summed E-state index contributed by atoms with van der Waals surface area (Å²) in [5.74, 6) is 1.46. The van der Waals surface area contributed by atoms with E-state index in [-0.39, 0.29) is 0 Å². The molecule has 0 spiro atoms. The molecule has 0 saturated heterocycles. The molecule has 0 aliphatic carbocycles. The van der Waals surface area contributed by atoms with Crippen molar-refractivity contribution in [1.29, 1.82) is 0 Å². The molecule has 3 aromatic carbocycles. The van der Waals surface area contributed by atoms with Crippen molar-refractivity contribution in [2.45, 2.75) is 0 Å². The Labute approximate surface area is 138 Å². The van der Waals surface area contributed by atoms with Crippen LogP contribution in [-0.4, -0.2) is 4.98 Å². The zero-order valence-corrected chi connectivity index (χ0v) is 12.8. The molecule has 3 nitrogen and oxygen atoms in total. The molecule has 24 heavy (non-hydrogen) atoms. The minimum atomic E-state index is 0.632. The lowest BCUT2D eigenvalue weighted by atomic mass is 10.1. The van der Waals surface area contributed by atoms with Gasteiger partial charge < -0.3 is 8.83 Å². The maximum Gasteiger partial charge on any atom is 0.227 e. The molecule has 0 saturated carbocycles. The van der Waals surface area contributed by atoms with Crippen molar-refractivity contribution < 1.29 is 8.83 Å². The first-order chi connectivity index (χ1) is 11.9. The van der Waals surface area contributed by atoms with E-state index in [1.165, 1.54) is 10.8 Å². The van der Waals surface area contributed by atoms with E-state index in [1.54, 1.807) is 6.26 Å². The van der Waals surface area contributed by atoms with Gasteiger partial charge in [0.15, 0.2) is 5.58 Å². The zero-order valence-electron chi connectivity index (χ0n) is 12.8. The average Bonchev–Trinajstić information content (AvgIpc) is 3.30.